The first kappa shape index (κ1) is 15.9. The van der Waals surface area contributed by atoms with Crippen molar-refractivity contribution in [2.75, 3.05) is 11.9 Å². The highest BCUT2D eigenvalue weighted by atomic mass is 32.2. The number of rotatable bonds is 7. The van der Waals surface area contributed by atoms with Crippen LogP contribution >= 0.6 is 0 Å². The number of nitrogens with one attached hydrogen (secondary N) is 2. The van der Waals surface area contributed by atoms with E-state index in [1.807, 2.05) is 0 Å². The number of benzene rings is 1. The Morgan fingerprint density at radius 1 is 1.13 bits per heavy atom. The van der Waals surface area contributed by atoms with Crippen LogP contribution in [-0.4, -0.2) is 31.9 Å². The molecule has 1 amide bonds. The Morgan fingerprint density at radius 2 is 1.78 bits per heavy atom. The van der Waals surface area contributed by atoms with Crippen LogP contribution in [0.25, 0.3) is 0 Å². The number of hydrogen-bond acceptors (Lipinski definition) is 4. The van der Waals surface area contributed by atoms with E-state index in [1.54, 1.807) is 0 Å². The molecular formula is C15H18N2O5S. The zero-order chi connectivity index (χ0) is 16.6. The van der Waals surface area contributed by atoms with Crippen LogP contribution in [0.3, 0.4) is 0 Å². The number of hydrogen-bond donors (Lipinski definition) is 3. The number of carbonyl (C=O) groups excluding carboxylic acids is 1. The summed E-state index contributed by atoms with van der Waals surface area (Å²) in [4.78, 5) is 22.7. The molecule has 3 rings (SSSR count). The fourth-order valence-electron chi connectivity index (χ4n) is 2.34. The number of aliphatic carboxylic acids is 1. The van der Waals surface area contributed by atoms with Gasteiger partial charge in [-0.2, -0.15) is 0 Å². The Bertz CT molecular complexity index is 725. The van der Waals surface area contributed by atoms with Gasteiger partial charge in [0.15, 0.2) is 0 Å². The van der Waals surface area contributed by atoms with Crippen molar-refractivity contribution in [2.24, 2.45) is 17.8 Å². The second-order valence-electron chi connectivity index (χ2n) is 6.10. The van der Waals surface area contributed by atoms with Crippen LogP contribution in [0.15, 0.2) is 29.2 Å². The normalized spacial score (nSPS) is 23.3. The second-order valence-corrected chi connectivity index (χ2v) is 7.86. The lowest BCUT2D eigenvalue weighted by Crippen LogP contribution is -2.25. The van der Waals surface area contributed by atoms with Crippen LogP contribution in [-0.2, 0) is 19.6 Å². The summed E-state index contributed by atoms with van der Waals surface area (Å²) < 4.78 is 26.7. The van der Waals surface area contributed by atoms with Gasteiger partial charge in [0.05, 0.1) is 16.7 Å². The van der Waals surface area contributed by atoms with Gasteiger partial charge in [0.2, 0.25) is 15.9 Å². The molecule has 23 heavy (non-hydrogen) atoms. The molecule has 2 saturated carbocycles. The minimum Gasteiger partial charge on any atom is -0.481 e. The van der Waals surface area contributed by atoms with Crippen LogP contribution in [0, 0.1) is 17.8 Å². The summed E-state index contributed by atoms with van der Waals surface area (Å²) >= 11 is 0. The molecule has 1 aromatic carbocycles. The first-order valence-electron chi connectivity index (χ1n) is 7.50. The van der Waals surface area contributed by atoms with Crippen molar-refractivity contribution < 1.29 is 23.1 Å². The zero-order valence-corrected chi connectivity index (χ0v) is 13.2. The van der Waals surface area contributed by atoms with Gasteiger partial charge in [-0.3, -0.25) is 9.59 Å². The third-order valence-electron chi connectivity index (χ3n) is 4.14. The summed E-state index contributed by atoms with van der Waals surface area (Å²) in [6, 6.07) is 5.85. The molecular weight excluding hydrogens is 320 g/mol. The standard InChI is InChI=1S/C15H18N2O5S/c18-14(12-7-13(12)15(19)20)17-10-3-5-11(6-4-10)23(21,22)16-8-9-1-2-9/h3-6,9,12-13,16H,1-2,7-8H2,(H,17,18)(H,19,20)/t12-,13-/m0/s1. The Hall–Kier alpha value is -1.93. The number of carbonyl (C=O) groups is 2. The summed E-state index contributed by atoms with van der Waals surface area (Å²) in [5.41, 5.74) is 0.451. The van der Waals surface area contributed by atoms with E-state index in [-0.39, 0.29) is 10.8 Å². The maximum Gasteiger partial charge on any atom is 0.307 e. The minimum atomic E-state index is -3.52. The van der Waals surface area contributed by atoms with Crippen molar-refractivity contribution in [1.82, 2.24) is 4.72 Å². The van der Waals surface area contributed by atoms with Crippen LogP contribution in [0.2, 0.25) is 0 Å². The molecule has 0 unspecified atom stereocenters. The highest BCUT2D eigenvalue weighted by Crippen LogP contribution is 2.39. The summed E-state index contributed by atoms with van der Waals surface area (Å²) in [6.45, 7) is 0.457. The molecule has 2 aliphatic carbocycles. The fraction of sp³-hybridized carbons (Fsp3) is 0.467. The van der Waals surface area contributed by atoms with E-state index in [1.165, 1.54) is 24.3 Å². The molecule has 0 aromatic heterocycles. The number of anilines is 1. The quantitative estimate of drug-likeness (QED) is 0.687. The maximum absolute atomic E-state index is 12.1. The Kier molecular flexibility index (Phi) is 4.11. The summed E-state index contributed by atoms with van der Waals surface area (Å²) in [7, 11) is -3.52. The monoisotopic (exact) mass is 338 g/mol. The van der Waals surface area contributed by atoms with Gasteiger partial charge in [-0.15, -0.1) is 0 Å². The highest BCUT2D eigenvalue weighted by molar-refractivity contribution is 7.89. The van der Waals surface area contributed by atoms with Crippen molar-refractivity contribution in [2.45, 2.75) is 24.2 Å². The Balaban J connectivity index is 1.58. The number of carboxylic acids is 1. The van der Waals surface area contributed by atoms with Gasteiger partial charge in [-0.05, 0) is 49.4 Å². The Morgan fingerprint density at radius 3 is 2.30 bits per heavy atom. The largest absolute Gasteiger partial charge is 0.481 e. The summed E-state index contributed by atoms with van der Waals surface area (Å²) in [6.07, 6.45) is 2.47. The molecule has 2 fully saturated rings. The van der Waals surface area contributed by atoms with E-state index in [0.29, 0.717) is 24.6 Å². The van der Waals surface area contributed by atoms with E-state index >= 15 is 0 Å². The van der Waals surface area contributed by atoms with Crippen LogP contribution in [0.5, 0.6) is 0 Å². The first-order chi connectivity index (χ1) is 10.9. The van der Waals surface area contributed by atoms with Gasteiger partial charge in [0, 0.05) is 12.2 Å². The van der Waals surface area contributed by atoms with Crippen LogP contribution < -0.4 is 10.0 Å². The topological polar surface area (TPSA) is 113 Å². The number of amides is 1. The van der Waals surface area contributed by atoms with Gasteiger partial charge < -0.3 is 10.4 Å². The molecule has 0 heterocycles. The lowest BCUT2D eigenvalue weighted by molar-refractivity contribution is -0.139. The molecule has 0 saturated heterocycles. The molecule has 2 aliphatic rings. The second kappa shape index (κ2) is 5.93. The molecule has 0 aliphatic heterocycles. The average molecular weight is 338 g/mol. The average Bonchev–Trinajstić information content (AvgIpc) is 3.38. The summed E-state index contributed by atoms with van der Waals surface area (Å²) in [5.74, 6) is -1.98. The molecule has 124 valence electrons. The maximum atomic E-state index is 12.1. The molecule has 0 radical (unpaired) electrons. The lowest BCUT2D eigenvalue weighted by atomic mass is 10.2. The molecule has 2 atom stereocenters. The summed E-state index contributed by atoms with van der Waals surface area (Å²) in [5, 5.41) is 11.4. The van der Waals surface area contributed by atoms with E-state index in [2.05, 4.69) is 10.0 Å². The van der Waals surface area contributed by atoms with E-state index in [9.17, 15) is 18.0 Å². The van der Waals surface area contributed by atoms with Gasteiger partial charge in [-0.1, -0.05) is 0 Å². The molecule has 8 heteroatoms. The van der Waals surface area contributed by atoms with Crippen molar-refractivity contribution in [3.8, 4) is 0 Å². The SMILES string of the molecule is O=C(O)[C@H]1C[C@@H]1C(=O)Nc1ccc(S(=O)(=O)NCC2CC2)cc1. The molecule has 3 N–H and O–H groups in total. The third-order valence-corrected chi connectivity index (χ3v) is 5.57. The smallest absolute Gasteiger partial charge is 0.307 e. The zero-order valence-electron chi connectivity index (χ0n) is 12.4. The number of sulfonamides is 1. The van der Waals surface area contributed by atoms with E-state index in [0.717, 1.165) is 12.8 Å². The van der Waals surface area contributed by atoms with Gasteiger partial charge >= 0.3 is 5.97 Å². The van der Waals surface area contributed by atoms with E-state index < -0.39 is 27.8 Å². The predicted octanol–water partition coefficient (Wildman–Crippen LogP) is 1.03. The lowest BCUT2D eigenvalue weighted by Gasteiger charge is -2.08. The van der Waals surface area contributed by atoms with E-state index in [4.69, 9.17) is 5.11 Å². The fourth-order valence-corrected chi connectivity index (χ4v) is 3.46. The van der Waals surface area contributed by atoms with Crippen molar-refractivity contribution >= 4 is 27.6 Å². The third kappa shape index (κ3) is 3.89. The molecule has 0 bridgehead atoms. The minimum absolute atomic E-state index is 0.144. The van der Waals surface area contributed by atoms with Gasteiger partial charge in [-0.25, -0.2) is 13.1 Å². The Labute approximate surface area is 134 Å². The molecule has 1 aromatic rings. The van der Waals surface area contributed by atoms with Crippen molar-refractivity contribution in [1.29, 1.82) is 0 Å². The van der Waals surface area contributed by atoms with Gasteiger partial charge in [0.25, 0.3) is 0 Å². The predicted molar refractivity (Wildman–Crippen MR) is 82.2 cm³/mol. The number of carboxylic acid groups (broad SMARTS) is 1. The first-order valence-corrected chi connectivity index (χ1v) is 8.98. The van der Waals surface area contributed by atoms with Crippen LogP contribution in [0.4, 0.5) is 5.69 Å². The van der Waals surface area contributed by atoms with Crippen LogP contribution in [0.1, 0.15) is 19.3 Å². The highest BCUT2D eigenvalue weighted by Gasteiger charge is 2.48. The molecule has 7 nitrogen and oxygen atoms in total. The van der Waals surface area contributed by atoms with Crippen molar-refractivity contribution in [3.05, 3.63) is 24.3 Å². The van der Waals surface area contributed by atoms with Gasteiger partial charge in [0.1, 0.15) is 0 Å². The van der Waals surface area contributed by atoms with Crippen molar-refractivity contribution in [3.63, 3.8) is 0 Å². The molecule has 0 spiro atoms.